The lowest BCUT2D eigenvalue weighted by molar-refractivity contribution is 1.10. The Kier molecular flexibility index (Phi) is 7.81. The van der Waals surface area contributed by atoms with Crippen molar-refractivity contribution in [2.24, 2.45) is 0 Å². The molecular weight excluding hydrogens is 623 g/mol. The minimum absolute atomic E-state index is 0.196. The van der Waals surface area contributed by atoms with Crippen LogP contribution in [0.3, 0.4) is 0 Å². The maximum Gasteiger partial charge on any atom is 0.146 e. The molecule has 8 aromatic carbocycles. The molecule has 2 nitrogen and oxygen atoms in total. The predicted molar refractivity (Wildman–Crippen MR) is 225 cm³/mol. The van der Waals surface area contributed by atoms with Crippen molar-refractivity contribution in [2.75, 3.05) is 0 Å². The molecule has 0 fully saturated rings. The third-order valence-electron chi connectivity index (χ3n) is 10.1. The standard InChI is InChI=1S/C45H25B5N2/c46-40-38(41(47)43(49)44(50)42(40)48)27-14-12-13-26(25-27)37-29-17-4-6-19-31(29)39(32-20-7-5-18-30(32)37)33-21-8-9-22-34(33)45-51-35-23-10-11-24-36(35)52(45)28-15-2-1-3-16-28/h1-25H. The smallest absolute Gasteiger partial charge is 0.146 e. The number of fused-ring (bicyclic) bond motifs is 3. The van der Waals surface area contributed by atoms with Gasteiger partial charge in [0.25, 0.3) is 0 Å². The summed E-state index contributed by atoms with van der Waals surface area (Å²) in [7, 11) is 31.8. The first-order valence-electron chi connectivity index (χ1n) is 17.1. The van der Waals surface area contributed by atoms with Crippen molar-refractivity contribution in [1.82, 2.24) is 9.55 Å². The van der Waals surface area contributed by atoms with Crippen LogP contribution in [-0.4, -0.2) is 48.8 Å². The molecule has 230 valence electrons. The van der Waals surface area contributed by atoms with Crippen LogP contribution in [-0.2, 0) is 0 Å². The minimum Gasteiger partial charge on any atom is -0.292 e. The van der Waals surface area contributed by atoms with E-state index in [4.69, 9.17) is 44.2 Å². The fourth-order valence-electron chi connectivity index (χ4n) is 7.66. The summed E-state index contributed by atoms with van der Waals surface area (Å²) >= 11 is 0. The molecule has 0 aliphatic heterocycles. The second kappa shape index (κ2) is 12.7. The third-order valence-corrected chi connectivity index (χ3v) is 10.1. The first-order valence-corrected chi connectivity index (χ1v) is 17.1. The van der Waals surface area contributed by atoms with Gasteiger partial charge in [0.2, 0.25) is 0 Å². The van der Waals surface area contributed by atoms with Crippen LogP contribution in [0.5, 0.6) is 0 Å². The van der Waals surface area contributed by atoms with Crippen molar-refractivity contribution >= 4 is 99.1 Å². The number of para-hydroxylation sites is 3. The van der Waals surface area contributed by atoms with Gasteiger partial charge in [-0.2, -0.15) is 0 Å². The maximum atomic E-state index is 6.53. The molecule has 0 saturated carbocycles. The van der Waals surface area contributed by atoms with Gasteiger partial charge in [0.05, 0.1) is 11.0 Å². The molecule has 1 heterocycles. The van der Waals surface area contributed by atoms with Gasteiger partial charge < -0.3 is 0 Å². The molecule has 0 spiro atoms. The highest BCUT2D eigenvalue weighted by molar-refractivity contribution is 6.68. The Hall–Kier alpha value is -5.93. The number of nitrogens with zero attached hydrogens (tertiary/aromatic N) is 2. The van der Waals surface area contributed by atoms with Crippen molar-refractivity contribution in [3.05, 3.63) is 152 Å². The van der Waals surface area contributed by atoms with Crippen LogP contribution in [0.4, 0.5) is 0 Å². The number of hydrogen-bond donors (Lipinski definition) is 0. The van der Waals surface area contributed by atoms with Crippen LogP contribution in [0.15, 0.2) is 152 Å². The second-order valence-electron chi connectivity index (χ2n) is 13.0. The molecule has 9 aromatic rings. The van der Waals surface area contributed by atoms with Gasteiger partial charge in [-0.3, -0.25) is 4.57 Å². The van der Waals surface area contributed by atoms with Gasteiger partial charge in [-0.25, -0.2) is 4.98 Å². The maximum absolute atomic E-state index is 6.53. The van der Waals surface area contributed by atoms with Crippen molar-refractivity contribution in [3.63, 3.8) is 0 Å². The van der Waals surface area contributed by atoms with E-state index in [2.05, 4.69) is 132 Å². The van der Waals surface area contributed by atoms with E-state index < -0.39 is 0 Å². The first-order chi connectivity index (χ1) is 25.4. The summed E-state index contributed by atoms with van der Waals surface area (Å²) < 4.78 is 2.26. The molecule has 10 radical (unpaired) electrons. The second-order valence-corrected chi connectivity index (χ2v) is 13.0. The summed E-state index contributed by atoms with van der Waals surface area (Å²) in [6.07, 6.45) is 0. The topological polar surface area (TPSA) is 17.8 Å². The van der Waals surface area contributed by atoms with Gasteiger partial charge in [0.1, 0.15) is 45.1 Å². The largest absolute Gasteiger partial charge is 0.292 e. The molecule has 0 aliphatic carbocycles. The molecule has 0 amide bonds. The van der Waals surface area contributed by atoms with Gasteiger partial charge in [-0.15, -0.1) is 16.4 Å². The Morgan fingerprint density at radius 2 is 0.865 bits per heavy atom. The number of aromatic nitrogens is 2. The van der Waals surface area contributed by atoms with Crippen LogP contribution in [0.2, 0.25) is 0 Å². The zero-order chi connectivity index (χ0) is 35.5. The minimum atomic E-state index is 0.196. The molecule has 1 aromatic heterocycles. The average Bonchev–Trinajstić information content (AvgIpc) is 3.58. The van der Waals surface area contributed by atoms with E-state index >= 15 is 0 Å². The van der Waals surface area contributed by atoms with E-state index in [9.17, 15) is 0 Å². The summed E-state index contributed by atoms with van der Waals surface area (Å²) in [5.41, 5.74) is 11.1. The van der Waals surface area contributed by atoms with Crippen molar-refractivity contribution < 1.29 is 0 Å². The van der Waals surface area contributed by atoms with Gasteiger partial charge in [-0.05, 0) is 85.3 Å². The number of imidazole rings is 1. The molecule has 52 heavy (non-hydrogen) atoms. The number of hydrogen-bond acceptors (Lipinski definition) is 1. The van der Waals surface area contributed by atoms with Gasteiger partial charge in [0, 0.05) is 11.3 Å². The van der Waals surface area contributed by atoms with Crippen LogP contribution < -0.4 is 27.3 Å². The number of rotatable bonds is 5. The lowest BCUT2D eigenvalue weighted by atomic mass is 9.59. The zero-order valence-corrected chi connectivity index (χ0v) is 28.2. The monoisotopic (exact) mass is 648 g/mol. The summed E-state index contributed by atoms with van der Waals surface area (Å²) in [5.74, 6) is 0.880. The van der Waals surface area contributed by atoms with Crippen molar-refractivity contribution in [2.45, 2.75) is 0 Å². The van der Waals surface area contributed by atoms with Crippen molar-refractivity contribution in [3.8, 4) is 50.5 Å². The van der Waals surface area contributed by atoms with E-state index in [1.807, 2.05) is 24.3 Å². The molecule has 0 N–H and O–H groups in total. The van der Waals surface area contributed by atoms with E-state index in [0.717, 1.165) is 77.5 Å². The zero-order valence-electron chi connectivity index (χ0n) is 28.2. The van der Waals surface area contributed by atoms with Crippen LogP contribution >= 0.6 is 0 Å². The highest BCUT2D eigenvalue weighted by Gasteiger charge is 2.22. The molecular formula is C45H25B5N2. The molecule has 0 unspecified atom stereocenters. The molecule has 0 atom stereocenters. The van der Waals surface area contributed by atoms with E-state index in [-0.39, 0.29) is 16.4 Å². The molecule has 7 heteroatoms. The predicted octanol–water partition coefficient (Wildman–Crippen LogP) is 5.97. The molecule has 9 rings (SSSR count). The SMILES string of the molecule is [B]c1c([B])c([B])c(-c2cccc(-c3c4ccccc4c(-c4ccccc4-c4nc5ccccc5n4-c4ccccc4)c4ccccc34)c2)c([B])c1[B]. The quantitative estimate of drug-likeness (QED) is 0.166. The number of benzene rings is 8. The summed E-state index contributed by atoms with van der Waals surface area (Å²) in [6.45, 7) is 0. The molecule has 0 bridgehead atoms. The lowest BCUT2D eigenvalue weighted by Gasteiger charge is -2.22. The highest BCUT2D eigenvalue weighted by atomic mass is 15.1. The Balaban J connectivity index is 1.33. The van der Waals surface area contributed by atoms with E-state index in [1.165, 1.54) is 0 Å². The highest BCUT2D eigenvalue weighted by Crippen LogP contribution is 2.46. The Morgan fingerprint density at radius 1 is 0.385 bits per heavy atom. The van der Waals surface area contributed by atoms with Crippen molar-refractivity contribution in [1.29, 1.82) is 0 Å². The van der Waals surface area contributed by atoms with Gasteiger partial charge in [-0.1, -0.05) is 132 Å². The Labute approximate surface area is 309 Å². The average molecular weight is 648 g/mol. The molecule has 0 saturated heterocycles. The lowest BCUT2D eigenvalue weighted by Crippen LogP contribution is -2.55. The van der Waals surface area contributed by atoms with Gasteiger partial charge >= 0.3 is 0 Å². The third kappa shape index (κ3) is 4.99. The fourth-order valence-corrected chi connectivity index (χ4v) is 7.66. The molecule has 0 aliphatic rings. The van der Waals surface area contributed by atoms with Gasteiger partial charge in [0.15, 0.2) is 0 Å². The van der Waals surface area contributed by atoms with E-state index in [0.29, 0.717) is 16.5 Å². The summed E-state index contributed by atoms with van der Waals surface area (Å²) in [5, 5.41) is 4.46. The van der Waals surface area contributed by atoms with E-state index in [1.54, 1.807) is 0 Å². The summed E-state index contributed by atoms with van der Waals surface area (Å²) in [6, 6.07) is 52.7. The Bertz CT molecular complexity index is 2770. The van der Waals surface area contributed by atoms with Crippen LogP contribution in [0.1, 0.15) is 0 Å². The van der Waals surface area contributed by atoms with Crippen LogP contribution in [0, 0.1) is 0 Å². The Morgan fingerprint density at radius 3 is 1.50 bits per heavy atom. The first kappa shape index (κ1) is 32.0. The van der Waals surface area contributed by atoms with Crippen LogP contribution in [0.25, 0.3) is 83.0 Å². The summed E-state index contributed by atoms with van der Waals surface area (Å²) in [4.78, 5) is 5.26. The normalized spacial score (nSPS) is 11.5. The fraction of sp³-hybridized carbons (Fsp3) is 0.